The minimum Gasteiger partial charge on any atom is -0.495 e. The zero-order valence-electron chi connectivity index (χ0n) is 10.1. The zero-order chi connectivity index (χ0) is 13.1. The normalized spacial score (nSPS) is 13.7. The summed E-state index contributed by atoms with van der Waals surface area (Å²) in [5.41, 5.74) is 0. The Morgan fingerprint density at radius 3 is 2.53 bits per heavy atom. The van der Waals surface area contributed by atoms with Gasteiger partial charge in [0.2, 0.25) is 10.0 Å². The number of hydrogen-bond donors (Lipinski definition) is 1. The smallest absolute Gasteiger partial charge is 0.246 e. The maximum Gasteiger partial charge on any atom is 0.246 e. The lowest BCUT2D eigenvalue weighted by atomic mass is 10.3. The van der Waals surface area contributed by atoms with Gasteiger partial charge in [0, 0.05) is 13.1 Å². The van der Waals surface area contributed by atoms with Gasteiger partial charge in [0.1, 0.15) is 10.6 Å². The summed E-state index contributed by atoms with van der Waals surface area (Å²) in [6.07, 6.45) is 0. The highest BCUT2D eigenvalue weighted by Crippen LogP contribution is 2.26. The molecule has 0 aliphatic heterocycles. The number of nitrogens with zero attached hydrogens (tertiary/aromatic N) is 1. The molecule has 0 spiro atoms. The Bertz CT molecular complexity index is 472. The topological polar surface area (TPSA) is 66.8 Å². The number of sulfonamides is 1. The summed E-state index contributed by atoms with van der Waals surface area (Å²) in [7, 11) is -0.791. The van der Waals surface area contributed by atoms with E-state index in [2.05, 4.69) is 0 Å². The molecule has 5 nitrogen and oxygen atoms in total. The molecule has 1 unspecified atom stereocenters. The largest absolute Gasteiger partial charge is 0.495 e. The standard InChI is InChI=1S/C11H17NO4S/c1-9(8-13)12(2)17(14,15)11-7-5-4-6-10(11)16-3/h4-7,9,13H,8H2,1-3H3. The van der Waals surface area contributed by atoms with Gasteiger partial charge >= 0.3 is 0 Å². The molecule has 6 heteroatoms. The van der Waals surface area contributed by atoms with Crippen LogP contribution in [0.4, 0.5) is 0 Å². The number of methoxy groups -OCH3 is 1. The molecule has 1 aromatic rings. The molecular weight excluding hydrogens is 242 g/mol. The van der Waals surface area contributed by atoms with Gasteiger partial charge in [-0.05, 0) is 19.1 Å². The maximum absolute atomic E-state index is 12.2. The highest BCUT2D eigenvalue weighted by atomic mass is 32.2. The molecule has 0 saturated heterocycles. The molecule has 0 aliphatic rings. The molecule has 1 atom stereocenters. The van der Waals surface area contributed by atoms with Crippen LogP contribution in [0.2, 0.25) is 0 Å². The molecule has 1 aromatic carbocycles. The van der Waals surface area contributed by atoms with E-state index in [1.807, 2.05) is 0 Å². The Labute approximate surface area is 102 Å². The Hall–Kier alpha value is -1.11. The number of para-hydroxylation sites is 1. The lowest BCUT2D eigenvalue weighted by Crippen LogP contribution is -2.37. The van der Waals surface area contributed by atoms with Gasteiger partial charge in [0.25, 0.3) is 0 Å². The van der Waals surface area contributed by atoms with Crippen molar-refractivity contribution in [3.63, 3.8) is 0 Å². The van der Waals surface area contributed by atoms with Gasteiger partial charge in [-0.1, -0.05) is 12.1 Å². The summed E-state index contributed by atoms with van der Waals surface area (Å²) < 4.78 is 30.7. The van der Waals surface area contributed by atoms with E-state index >= 15 is 0 Å². The maximum atomic E-state index is 12.2. The fourth-order valence-electron chi connectivity index (χ4n) is 1.34. The molecule has 0 amide bonds. The SMILES string of the molecule is COc1ccccc1S(=O)(=O)N(C)C(C)CO. The van der Waals surface area contributed by atoms with Crippen LogP contribution in [0, 0.1) is 0 Å². The third-order valence-corrected chi connectivity index (χ3v) is 4.62. The van der Waals surface area contributed by atoms with Crippen molar-refractivity contribution in [2.24, 2.45) is 0 Å². The van der Waals surface area contributed by atoms with E-state index in [4.69, 9.17) is 9.84 Å². The second kappa shape index (κ2) is 5.48. The van der Waals surface area contributed by atoms with Crippen molar-refractivity contribution < 1.29 is 18.3 Å². The van der Waals surface area contributed by atoms with Crippen LogP contribution in [-0.2, 0) is 10.0 Å². The predicted molar refractivity (Wildman–Crippen MR) is 64.5 cm³/mol. The molecular formula is C11H17NO4S. The first-order valence-corrected chi connectivity index (χ1v) is 6.61. The summed E-state index contributed by atoms with van der Waals surface area (Å²) >= 11 is 0. The van der Waals surface area contributed by atoms with Crippen LogP contribution < -0.4 is 4.74 Å². The lowest BCUT2D eigenvalue weighted by Gasteiger charge is -2.23. The highest BCUT2D eigenvalue weighted by molar-refractivity contribution is 7.89. The van der Waals surface area contributed by atoms with Crippen molar-refractivity contribution in [1.82, 2.24) is 4.31 Å². The van der Waals surface area contributed by atoms with E-state index in [-0.39, 0.29) is 11.5 Å². The highest BCUT2D eigenvalue weighted by Gasteiger charge is 2.27. The minimum absolute atomic E-state index is 0.102. The Morgan fingerprint density at radius 2 is 2.00 bits per heavy atom. The van der Waals surface area contributed by atoms with Gasteiger partial charge in [0.15, 0.2) is 0 Å². The Morgan fingerprint density at radius 1 is 1.41 bits per heavy atom. The molecule has 1 N–H and O–H groups in total. The van der Waals surface area contributed by atoms with Gasteiger partial charge in [-0.15, -0.1) is 0 Å². The monoisotopic (exact) mass is 259 g/mol. The first kappa shape index (κ1) is 14.0. The summed E-state index contributed by atoms with van der Waals surface area (Å²) in [5.74, 6) is 0.296. The van der Waals surface area contributed by atoms with Gasteiger partial charge in [-0.25, -0.2) is 8.42 Å². The van der Waals surface area contributed by atoms with E-state index in [0.717, 1.165) is 4.31 Å². The molecule has 0 radical (unpaired) electrons. The van der Waals surface area contributed by atoms with E-state index in [0.29, 0.717) is 5.75 Å². The van der Waals surface area contributed by atoms with Crippen LogP contribution >= 0.6 is 0 Å². The van der Waals surface area contributed by atoms with Crippen molar-refractivity contribution in [2.45, 2.75) is 17.9 Å². The van der Waals surface area contributed by atoms with Crippen molar-refractivity contribution >= 4 is 10.0 Å². The fourth-order valence-corrected chi connectivity index (χ4v) is 2.85. The fraction of sp³-hybridized carbons (Fsp3) is 0.455. The molecule has 0 bridgehead atoms. The van der Waals surface area contributed by atoms with Crippen molar-refractivity contribution in [3.8, 4) is 5.75 Å². The van der Waals surface area contributed by atoms with Crippen molar-refractivity contribution in [3.05, 3.63) is 24.3 Å². The number of ether oxygens (including phenoxy) is 1. The number of aliphatic hydroxyl groups excluding tert-OH is 1. The summed E-state index contributed by atoms with van der Waals surface area (Å²) in [6.45, 7) is 1.40. The van der Waals surface area contributed by atoms with Gasteiger partial charge in [-0.3, -0.25) is 0 Å². The molecule has 0 aromatic heterocycles. The number of benzene rings is 1. The lowest BCUT2D eigenvalue weighted by molar-refractivity contribution is 0.213. The summed E-state index contributed by atoms with van der Waals surface area (Å²) in [6, 6.07) is 5.92. The van der Waals surface area contributed by atoms with Crippen molar-refractivity contribution in [1.29, 1.82) is 0 Å². The number of rotatable bonds is 5. The molecule has 96 valence electrons. The van der Waals surface area contributed by atoms with Gasteiger partial charge in [-0.2, -0.15) is 4.31 Å². The first-order chi connectivity index (χ1) is 7.95. The average Bonchev–Trinajstić information content (AvgIpc) is 2.36. The van der Waals surface area contributed by atoms with Crippen LogP contribution in [0.15, 0.2) is 29.2 Å². The average molecular weight is 259 g/mol. The molecule has 0 aliphatic carbocycles. The van der Waals surface area contributed by atoms with Crippen LogP contribution in [-0.4, -0.2) is 44.6 Å². The van der Waals surface area contributed by atoms with Crippen LogP contribution in [0.5, 0.6) is 5.75 Å². The summed E-state index contributed by atoms with van der Waals surface area (Å²) in [5, 5.41) is 9.00. The second-order valence-electron chi connectivity index (χ2n) is 3.70. The molecule has 0 heterocycles. The Kier molecular flexibility index (Phi) is 4.50. The van der Waals surface area contributed by atoms with Crippen LogP contribution in [0.25, 0.3) is 0 Å². The third-order valence-electron chi connectivity index (χ3n) is 2.61. The molecule has 17 heavy (non-hydrogen) atoms. The quantitative estimate of drug-likeness (QED) is 0.845. The van der Waals surface area contributed by atoms with E-state index in [9.17, 15) is 8.42 Å². The number of hydrogen-bond acceptors (Lipinski definition) is 4. The number of likely N-dealkylation sites (N-methyl/N-ethyl adjacent to an activating group) is 1. The molecule has 0 saturated carbocycles. The van der Waals surface area contributed by atoms with E-state index < -0.39 is 16.1 Å². The van der Waals surface area contributed by atoms with E-state index in [1.165, 1.54) is 20.2 Å². The number of aliphatic hydroxyl groups is 1. The first-order valence-electron chi connectivity index (χ1n) is 5.17. The Balaban J connectivity index is 3.22. The molecule has 0 fully saturated rings. The zero-order valence-corrected chi connectivity index (χ0v) is 10.9. The van der Waals surface area contributed by atoms with Gasteiger partial charge < -0.3 is 9.84 Å². The third kappa shape index (κ3) is 2.77. The second-order valence-corrected chi connectivity index (χ2v) is 5.67. The van der Waals surface area contributed by atoms with Crippen molar-refractivity contribution in [2.75, 3.05) is 20.8 Å². The minimum atomic E-state index is -3.64. The van der Waals surface area contributed by atoms with Crippen LogP contribution in [0.3, 0.4) is 0 Å². The van der Waals surface area contributed by atoms with Crippen LogP contribution in [0.1, 0.15) is 6.92 Å². The van der Waals surface area contributed by atoms with E-state index in [1.54, 1.807) is 25.1 Å². The van der Waals surface area contributed by atoms with Gasteiger partial charge in [0.05, 0.1) is 13.7 Å². The summed E-state index contributed by atoms with van der Waals surface area (Å²) in [4.78, 5) is 0.102. The molecule has 1 rings (SSSR count). The predicted octanol–water partition coefficient (Wildman–Crippen LogP) is 0.696.